The molecule has 0 saturated heterocycles. The van der Waals surface area contributed by atoms with Crippen molar-refractivity contribution < 1.29 is 49.2 Å². The van der Waals surface area contributed by atoms with Crippen LogP contribution in [0.3, 0.4) is 0 Å². The highest BCUT2D eigenvalue weighted by Gasteiger charge is 2.41. The van der Waals surface area contributed by atoms with E-state index < -0.39 is 70.0 Å². The van der Waals surface area contributed by atoms with Gasteiger partial charge in [-0.25, -0.2) is 0 Å². The second kappa shape index (κ2) is 15.4. The number of aliphatic hydroxyl groups excluding tert-OH is 2. The van der Waals surface area contributed by atoms with Crippen molar-refractivity contribution in [1.29, 1.82) is 0 Å². The minimum atomic E-state index is -0.922. The van der Waals surface area contributed by atoms with E-state index >= 15 is 0 Å². The third kappa shape index (κ3) is 6.03. The number of phenolic OH excluding ortho intramolecular Hbond substituents is 2. The molecule has 0 radical (unpaired) electrons. The van der Waals surface area contributed by atoms with Crippen molar-refractivity contribution in [3.8, 4) is 22.6 Å². The van der Waals surface area contributed by atoms with Gasteiger partial charge >= 0.3 is 0 Å². The normalized spacial score (nSPS) is 16.9. The van der Waals surface area contributed by atoms with Gasteiger partial charge in [-0.1, -0.05) is 88.4 Å². The lowest BCUT2D eigenvalue weighted by molar-refractivity contribution is -0.113. The highest BCUT2D eigenvalue weighted by atomic mass is 16.3. The fraction of sp³-hybridized carbons (Fsp3) is 0.148. The molecule has 6 aromatic carbocycles. The van der Waals surface area contributed by atoms with Crippen molar-refractivity contribution >= 4 is 79.0 Å². The number of aliphatic hydroxyl groups is 2. The maximum atomic E-state index is 14.3. The van der Waals surface area contributed by atoms with Gasteiger partial charge in [0.05, 0.1) is 33.4 Å². The Morgan fingerprint density at radius 1 is 0.456 bits per heavy atom. The first-order chi connectivity index (χ1) is 32.4. The number of ketones is 2. The quantitative estimate of drug-likeness (QED) is 0.0654. The lowest BCUT2D eigenvalue weighted by atomic mass is 9.75. The van der Waals surface area contributed by atoms with E-state index in [2.05, 4.69) is 10.9 Å². The van der Waals surface area contributed by atoms with Crippen molar-refractivity contribution in [2.45, 2.75) is 41.5 Å². The Morgan fingerprint density at radius 2 is 0.765 bits per heavy atom. The van der Waals surface area contributed by atoms with E-state index in [1.165, 1.54) is 0 Å². The number of allylic oxidation sites excluding steroid dienone is 4. The van der Waals surface area contributed by atoms with Gasteiger partial charge in [-0.15, -0.1) is 0 Å². The van der Waals surface area contributed by atoms with Crippen LogP contribution in [0.4, 0.5) is 0 Å². The number of hydrogen-bond donors (Lipinski definition) is 6. The number of aryl methyl sites for hydroxylation is 2. The number of carbonyl (C=O) groups is 6. The molecule has 2 aliphatic carbocycles. The summed E-state index contributed by atoms with van der Waals surface area (Å²) in [6, 6.07) is 23.5. The zero-order valence-electron chi connectivity index (χ0n) is 37.5. The first-order valence-electron chi connectivity index (χ1n) is 21.9. The number of imide groups is 2. The van der Waals surface area contributed by atoms with Gasteiger partial charge in [-0.05, 0) is 83.0 Å². The molecule has 4 aliphatic rings. The van der Waals surface area contributed by atoms with Crippen LogP contribution in [0.1, 0.15) is 103 Å². The molecule has 0 spiro atoms. The van der Waals surface area contributed by atoms with Crippen molar-refractivity contribution in [2.75, 3.05) is 0 Å². The number of nitrogens with one attached hydrogen (secondary N) is 2. The average Bonchev–Trinajstić information content (AvgIpc) is 3.30. The molecule has 0 unspecified atom stereocenters. The van der Waals surface area contributed by atoms with Gasteiger partial charge in [0, 0.05) is 56.6 Å². The average molecular weight is 907 g/mol. The van der Waals surface area contributed by atoms with Crippen molar-refractivity contribution in [3.63, 3.8) is 0 Å². The van der Waals surface area contributed by atoms with Crippen LogP contribution in [0.5, 0.6) is 11.5 Å². The zero-order valence-corrected chi connectivity index (χ0v) is 37.5. The first-order valence-corrected chi connectivity index (χ1v) is 21.9. The van der Waals surface area contributed by atoms with Crippen LogP contribution < -0.4 is 10.9 Å². The molecule has 2 aliphatic heterocycles. The molecule has 0 fully saturated rings. The Bertz CT molecular complexity index is 3220. The number of Topliss-reactive ketones (excluding diaryl/α,β-unsaturated/α-hetero) is 2. The molecule has 14 nitrogen and oxygen atoms in total. The van der Waals surface area contributed by atoms with Crippen molar-refractivity contribution in [3.05, 3.63) is 164 Å². The summed E-state index contributed by atoms with van der Waals surface area (Å²) >= 11 is 0. The van der Waals surface area contributed by atoms with E-state index in [4.69, 9.17) is 0 Å². The second-order valence-corrected chi connectivity index (χ2v) is 17.9. The third-order valence-electron chi connectivity index (χ3n) is 13.2. The lowest BCUT2D eigenvalue weighted by Crippen LogP contribution is -2.47. The van der Waals surface area contributed by atoms with Gasteiger partial charge in [0.15, 0.2) is 11.5 Å². The summed E-state index contributed by atoms with van der Waals surface area (Å²) < 4.78 is 0. The van der Waals surface area contributed by atoms with E-state index in [1.54, 1.807) is 126 Å². The molecule has 4 amide bonds. The number of phenols is 2. The number of benzene rings is 6. The van der Waals surface area contributed by atoms with E-state index in [1.807, 2.05) is 0 Å². The molecule has 0 saturated carbocycles. The fourth-order valence-corrected chi connectivity index (χ4v) is 10.2. The van der Waals surface area contributed by atoms with Crippen LogP contribution in [0, 0.1) is 25.7 Å². The first kappa shape index (κ1) is 43.1. The molecule has 6 N–H and O–H groups in total. The Hall–Kier alpha value is -8.78. The maximum absolute atomic E-state index is 14.3. The van der Waals surface area contributed by atoms with Crippen LogP contribution in [0.15, 0.2) is 109 Å². The Kier molecular flexibility index (Phi) is 9.77. The van der Waals surface area contributed by atoms with Crippen molar-refractivity contribution in [1.82, 2.24) is 20.9 Å². The number of fused-ring (bicyclic) bond motifs is 2. The van der Waals surface area contributed by atoms with Gasteiger partial charge in [0.2, 0.25) is 11.6 Å². The number of hydrazine groups is 2. The standard InChI is InChI=1S/C54H42N4O10/c1-23(2)37-33-19-25(5)39(47(61)43(33)35(45(59)49(37)63)21-55-57-51(65)29-15-7-11-27-12-8-16-30(41(27)29)52(57)66)40-26(6)20-34-38(24(3)4)50(64)46(60)36(44(34)48(40)62)22-56-58-53(67)31-17-9-13-28-14-10-18-32(42(28)31)54(58)68/h7-24,55-56,61-64H,1-6H3. The molecule has 10 rings (SSSR count). The minimum absolute atomic E-state index is 0.0335. The highest BCUT2D eigenvalue weighted by molar-refractivity contribution is 6.35. The summed E-state index contributed by atoms with van der Waals surface area (Å²) in [6.45, 7) is 10.4. The van der Waals surface area contributed by atoms with E-state index in [9.17, 15) is 49.2 Å². The van der Waals surface area contributed by atoms with Crippen molar-refractivity contribution in [2.24, 2.45) is 11.8 Å². The highest BCUT2D eigenvalue weighted by Crippen LogP contribution is 2.54. The zero-order chi connectivity index (χ0) is 48.4. The number of amides is 4. The molecular formula is C54H42N4O10. The predicted octanol–water partition coefficient (Wildman–Crippen LogP) is 8.99. The summed E-state index contributed by atoms with van der Waals surface area (Å²) in [4.78, 5) is 84.0. The Morgan fingerprint density at radius 3 is 1.06 bits per heavy atom. The minimum Gasteiger partial charge on any atom is -0.507 e. The smallest absolute Gasteiger partial charge is 0.280 e. The lowest BCUT2D eigenvalue weighted by Gasteiger charge is -2.31. The molecule has 68 heavy (non-hydrogen) atoms. The van der Waals surface area contributed by atoms with Gasteiger partial charge < -0.3 is 20.4 Å². The van der Waals surface area contributed by atoms with Crippen LogP contribution >= 0.6 is 0 Å². The van der Waals surface area contributed by atoms with E-state index in [-0.39, 0.29) is 77.9 Å². The molecule has 338 valence electrons. The molecule has 0 atom stereocenters. The molecule has 14 heteroatoms. The number of carbonyl (C=O) groups excluding carboxylic acids is 6. The molecule has 0 aromatic heterocycles. The molecule has 6 aromatic rings. The number of nitrogens with zero attached hydrogens (tertiary/aromatic N) is 2. The van der Waals surface area contributed by atoms with Crippen LogP contribution in [0.2, 0.25) is 0 Å². The van der Waals surface area contributed by atoms with Crippen LogP contribution in [0.25, 0.3) is 55.0 Å². The summed E-state index contributed by atoms with van der Waals surface area (Å²) in [6.07, 6.45) is 2.15. The van der Waals surface area contributed by atoms with Gasteiger partial charge in [0.25, 0.3) is 23.6 Å². The largest absolute Gasteiger partial charge is 0.507 e. The number of rotatable bonds is 7. The molecule has 2 heterocycles. The fourth-order valence-electron chi connectivity index (χ4n) is 10.2. The number of hydrogen-bond acceptors (Lipinski definition) is 12. The monoisotopic (exact) mass is 906 g/mol. The van der Waals surface area contributed by atoms with Crippen LogP contribution in [-0.2, 0) is 9.59 Å². The molecule has 0 bridgehead atoms. The summed E-state index contributed by atoms with van der Waals surface area (Å²) in [5, 5.41) is 52.1. The number of aromatic hydroxyl groups is 2. The maximum Gasteiger partial charge on any atom is 0.280 e. The Labute approximate surface area is 388 Å². The summed E-state index contributed by atoms with van der Waals surface area (Å²) in [7, 11) is 0. The summed E-state index contributed by atoms with van der Waals surface area (Å²) in [5.74, 6) is -7.76. The topological polar surface area (TPSA) is 214 Å². The van der Waals surface area contributed by atoms with E-state index in [0.717, 1.165) is 22.4 Å². The summed E-state index contributed by atoms with van der Waals surface area (Å²) in [5.41, 5.74) is 7.37. The SMILES string of the molecule is Cc1cc2c(c(O)c1-c1c(C)cc3c(c1O)C(=CNN1C(=O)c4cccc5cccc(c45)C1=O)C(=O)C(O)=C3C(C)C)C(=CNN1C(=O)c3cccc4cccc(c34)C1=O)C(=O)C(O)=C2C(C)C. The third-order valence-corrected chi connectivity index (χ3v) is 13.2. The predicted molar refractivity (Wildman–Crippen MR) is 255 cm³/mol. The van der Waals surface area contributed by atoms with Gasteiger partial charge in [-0.2, -0.15) is 10.0 Å². The van der Waals surface area contributed by atoms with E-state index in [0.29, 0.717) is 32.7 Å². The Balaban J connectivity index is 1.13. The second-order valence-electron chi connectivity index (χ2n) is 17.9. The van der Waals surface area contributed by atoms with Gasteiger partial charge in [-0.3, -0.25) is 39.6 Å². The van der Waals surface area contributed by atoms with Crippen LogP contribution in [-0.4, -0.2) is 65.6 Å². The molecular weight excluding hydrogens is 865 g/mol. The van der Waals surface area contributed by atoms with Gasteiger partial charge in [0.1, 0.15) is 11.5 Å².